The Morgan fingerprint density at radius 2 is 2.18 bits per heavy atom. The number of hydrogen-bond donors (Lipinski definition) is 1. The zero-order valence-corrected chi connectivity index (χ0v) is 10.3. The van der Waals surface area contributed by atoms with Gasteiger partial charge in [0.1, 0.15) is 12.0 Å². The maximum absolute atomic E-state index is 11.6. The number of aldehydes is 1. The second kappa shape index (κ2) is 6.03. The van der Waals surface area contributed by atoms with E-state index >= 15 is 0 Å². The van der Waals surface area contributed by atoms with Gasteiger partial charge in [-0.3, -0.25) is 4.79 Å². The number of aryl methyl sites for hydroxylation is 1. The van der Waals surface area contributed by atoms with E-state index < -0.39 is 0 Å². The first-order chi connectivity index (χ1) is 8.04. The number of carbonyl (C=O) groups is 2. The number of benzene rings is 1. The van der Waals surface area contributed by atoms with Gasteiger partial charge in [0.15, 0.2) is 0 Å². The number of carbonyl (C=O) groups excluding carboxylic acids is 2. The lowest BCUT2D eigenvalue weighted by molar-refractivity contribution is -0.107. The Hall–Kier alpha value is -1.84. The smallest absolute Gasteiger partial charge is 0.251 e. The summed E-state index contributed by atoms with van der Waals surface area (Å²) in [7, 11) is 0. The molecule has 0 saturated heterocycles. The molecule has 1 aromatic rings. The quantitative estimate of drug-likeness (QED) is 0.790. The Morgan fingerprint density at radius 3 is 2.71 bits per heavy atom. The molecular weight excluding hydrogens is 218 g/mol. The number of hydrogen-bond acceptors (Lipinski definition) is 3. The molecular formula is C13H17NO3. The van der Waals surface area contributed by atoms with Crippen molar-refractivity contribution in [1.29, 1.82) is 0 Å². The van der Waals surface area contributed by atoms with Gasteiger partial charge in [0.2, 0.25) is 0 Å². The minimum absolute atomic E-state index is 0.0299. The van der Waals surface area contributed by atoms with E-state index in [4.69, 9.17) is 4.74 Å². The van der Waals surface area contributed by atoms with Gasteiger partial charge >= 0.3 is 0 Å². The molecule has 0 radical (unpaired) electrons. The fraction of sp³-hybridized carbons (Fsp3) is 0.385. The minimum Gasteiger partial charge on any atom is -0.491 e. The molecule has 1 N–H and O–H groups in total. The molecule has 1 amide bonds. The summed E-state index contributed by atoms with van der Waals surface area (Å²) in [5.74, 6) is 0.517. The predicted molar refractivity (Wildman–Crippen MR) is 65.3 cm³/mol. The monoisotopic (exact) mass is 235 g/mol. The van der Waals surface area contributed by atoms with Crippen molar-refractivity contribution in [3.63, 3.8) is 0 Å². The van der Waals surface area contributed by atoms with Gasteiger partial charge in [-0.1, -0.05) is 0 Å². The molecule has 0 aliphatic heterocycles. The molecule has 0 fully saturated rings. The summed E-state index contributed by atoms with van der Waals surface area (Å²) >= 11 is 0. The van der Waals surface area contributed by atoms with Crippen LogP contribution in [0.15, 0.2) is 18.2 Å². The van der Waals surface area contributed by atoms with Crippen LogP contribution in [0.3, 0.4) is 0 Å². The van der Waals surface area contributed by atoms with Crippen LogP contribution in [0.2, 0.25) is 0 Å². The highest BCUT2D eigenvalue weighted by Gasteiger charge is 2.08. The van der Waals surface area contributed by atoms with Crippen LogP contribution in [-0.2, 0) is 4.79 Å². The molecule has 0 aliphatic rings. The van der Waals surface area contributed by atoms with E-state index in [1.807, 2.05) is 20.8 Å². The normalized spacial score (nSPS) is 10.1. The van der Waals surface area contributed by atoms with Crippen LogP contribution in [0.4, 0.5) is 0 Å². The SMILES string of the molecule is Cc1cc(C(=O)NCC=O)ccc1OC(C)C. The highest BCUT2D eigenvalue weighted by molar-refractivity contribution is 5.95. The summed E-state index contributed by atoms with van der Waals surface area (Å²) in [5.41, 5.74) is 1.43. The predicted octanol–water partition coefficient (Wildman–Crippen LogP) is 1.71. The van der Waals surface area contributed by atoms with Crippen molar-refractivity contribution in [2.45, 2.75) is 26.9 Å². The zero-order valence-electron chi connectivity index (χ0n) is 10.3. The van der Waals surface area contributed by atoms with Crippen LogP contribution in [0.5, 0.6) is 5.75 Å². The first-order valence-corrected chi connectivity index (χ1v) is 5.53. The van der Waals surface area contributed by atoms with Gasteiger partial charge in [-0.25, -0.2) is 0 Å². The Kier molecular flexibility index (Phi) is 4.69. The van der Waals surface area contributed by atoms with E-state index in [9.17, 15) is 9.59 Å². The van der Waals surface area contributed by atoms with Crippen molar-refractivity contribution in [1.82, 2.24) is 5.32 Å². The van der Waals surface area contributed by atoms with Gasteiger partial charge in [0, 0.05) is 5.56 Å². The summed E-state index contributed by atoms with van der Waals surface area (Å²) in [6.07, 6.45) is 0.754. The van der Waals surface area contributed by atoms with Gasteiger partial charge in [0.25, 0.3) is 5.91 Å². The lowest BCUT2D eigenvalue weighted by Crippen LogP contribution is -2.25. The van der Waals surface area contributed by atoms with Crippen molar-refractivity contribution in [2.24, 2.45) is 0 Å². The molecule has 0 heterocycles. The third-order valence-corrected chi connectivity index (χ3v) is 2.15. The molecule has 0 aliphatic carbocycles. The topological polar surface area (TPSA) is 55.4 Å². The van der Waals surface area contributed by atoms with Crippen LogP contribution < -0.4 is 10.1 Å². The van der Waals surface area contributed by atoms with Crippen LogP contribution in [-0.4, -0.2) is 24.8 Å². The largest absolute Gasteiger partial charge is 0.491 e. The summed E-state index contributed by atoms with van der Waals surface area (Å²) in [4.78, 5) is 21.7. The Bertz CT molecular complexity index is 413. The summed E-state index contributed by atoms with van der Waals surface area (Å²) < 4.78 is 5.57. The molecule has 4 nitrogen and oxygen atoms in total. The first kappa shape index (κ1) is 13.2. The van der Waals surface area contributed by atoms with Crippen LogP contribution in [0.25, 0.3) is 0 Å². The average Bonchev–Trinajstić information content (AvgIpc) is 2.28. The first-order valence-electron chi connectivity index (χ1n) is 5.53. The van der Waals surface area contributed by atoms with E-state index in [-0.39, 0.29) is 18.6 Å². The molecule has 1 rings (SSSR count). The number of ether oxygens (including phenoxy) is 1. The Labute approximate surface area is 101 Å². The van der Waals surface area contributed by atoms with Gasteiger partial charge < -0.3 is 14.8 Å². The number of rotatable bonds is 5. The van der Waals surface area contributed by atoms with Gasteiger partial charge in [-0.05, 0) is 44.5 Å². The van der Waals surface area contributed by atoms with Crippen LogP contribution in [0.1, 0.15) is 29.8 Å². The Balaban J connectivity index is 2.81. The maximum atomic E-state index is 11.6. The second-order valence-corrected chi connectivity index (χ2v) is 4.02. The fourth-order valence-corrected chi connectivity index (χ4v) is 1.41. The Morgan fingerprint density at radius 1 is 1.47 bits per heavy atom. The second-order valence-electron chi connectivity index (χ2n) is 4.02. The summed E-state index contributed by atoms with van der Waals surface area (Å²) in [6, 6.07) is 5.20. The third-order valence-electron chi connectivity index (χ3n) is 2.15. The molecule has 0 atom stereocenters. The van der Waals surface area contributed by atoms with E-state index in [1.165, 1.54) is 0 Å². The van der Waals surface area contributed by atoms with Crippen molar-refractivity contribution < 1.29 is 14.3 Å². The molecule has 92 valence electrons. The van der Waals surface area contributed by atoms with Crippen LogP contribution >= 0.6 is 0 Å². The molecule has 0 spiro atoms. The van der Waals surface area contributed by atoms with Crippen molar-refractivity contribution in [3.8, 4) is 5.75 Å². The number of nitrogens with one attached hydrogen (secondary N) is 1. The summed E-state index contributed by atoms with van der Waals surface area (Å²) in [6.45, 7) is 5.81. The van der Waals surface area contributed by atoms with E-state index in [0.29, 0.717) is 11.8 Å². The lowest BCUT2D eigenvalue weighted by atomic mass is 10.1. The summed E-state index contributed by atoms with van der Waals surface area (Å²) in [5, 5.41) is 2.49. The average molecular weight is 235 g/mol. The van der Waals surface area contributed by atoms with E-state index in [2.05, 4.69) is 5.32 Å². The standard InChI is InChI=1S/C13H17NO3/c1-9(2)17-12-5-4-11(8-10(12)3)13(16)14-6-7-15/h4-5,7-9H,6H2,1-3H3,(H,14,16). The lowest BCUT2D eigenvalue weighted by Gasteiger charge is -2.13. The molecule has 0 unspecified atom stereocenters. The zero-order chi connectivity index (χ0) is 12.8. The van der Waals surface area contributed by atoms with Crippen molar-refractivity contribution in [3.05, 3.63) is 29.3 Å². The molecule has 1 aromatic carbocycles. The maximum Gasteiger partial charge on any atom is 0.251 e. The molecule has 4 heteroatoms. The number of amides is 1. The third kappa shape index (κ3) is 3.90. The highest BCUT2D eigenvalue weighted by Crippen LogP contribution is 2.20. The van der Waals surface area contributed by atoms with Crippen molar-refractivity contribution >= 4 is 12.2 Å². The minimum atomic E-state index is -0.253. The highest BCUT2D eigenvalue weighted by atomic mass is 16.5. The van der Waals surface area contributed by atoms with Crippen LogP contribution in [0, 0.1) is 6.92 Å². The van der Waals surface area contributed by atoms with Crippen molar-refractivity contribution in [2.75, 3.05) is 6.54 Å². The van der Waals surface area contributed by atoms with E-state index in [1.54, 1.807) is 18.2 Å². The molecule has 17 heavy (non-hydrogen) atoms. The molecule has 0 bridgehead atoms. The molecule has 0 saturated carbocycles. The van der Waals surface area contributed by atoms with Gasteiger partial charge in [-0.2, -0.15) is 0 Å². The molecule has 0 aromatic heterocycles. The fourth-order valence-electron chi connectivity index (χ4n) is 1.41. The van der Waals surface area contributed by atoms with Gasteiger partial charge in [0.05, 0.1) is 12.6 Å². The van der Waals surface area contributed by atoms with Gasteiger partial charge in [-0.15, -0.1) is 0 Å². The van der Waals surface area contributed by atoms with E-state index in [0.717, 1.165) is 11.3 Å².